The largest absolute Gasteiger partial charge is 0.487 e. The van der Waals surface area contributed by atoms with E-state index < -0.39 is 9.05 Å². The van der Waals surface area contributed by atoms with Gasteiger partial charge in [-0.05, 0) is 44.2 Å². The van der Waals surface area contributed by atoms with Crippen LogP contribution in [0, 0.1) is 0 Å². The number of hydrogen-bond acceptors (Lipinski definition) is 4. The van der Waals surface area contributed by atoms with Gasteiger partial charge >= 0.3 is 0 Å². The molecule has 1 heterocycles. The number of benzene rings is 1. The Morgan fingerprint density at radius 1 is 1.29 bits per heavy atom. The highest BCUT2D eigenvalue weighted by Gasteiger charge is 2.17. The first-order valence-electron chi connectivity index (χ1n) is 6.09. The Labute approximate surface area is 132 Å². The summed E-state index contributed by atoms with van der Waals surface area (Å²) in [4.78, 5) is 4.13. The fraction of sp³-hybridized carbons (Fsp3) is 0.214. The second-order valence-electron chi connectivity index (χ2n) is 4.62. The molecule has 0 radical (unpaired) electrons. The maximum absolute atomic E-state index is 11.6. The Morgan fingerprint density at radius 3 is 2.62 bits per heavy atom. The van der Waals surface area contributed by atoms with Gasteiger partial charge in [-0.3, -0.25) is 0 Å². The molecule has 4 nitrogen and oxygen atoms in total. The number of aromatic nitrogens is 1. The number of hydrogen-bond donors (Lipinski definition) is 0. The Morgan fingerprint density at radius 2 is 2.00 bits per heavy atom. The van der Waals surface area contributed by atoms with Crippen LogP contribution in [0.3, 0.4) is 0 Å². The van der Waals surface area contributed by atoms with Crippen LogP contribution in [-0.2, 0) is 9.05 Å². The Kier molecular flexibility index (Phi) is 4.76. The average Bonchev–Trinajstić information content (AvgIpc) is 2.37. The van der Waals surface area contributed by atoms with E-state index in [1.165, 1.54) is 18.2 Å². The van der Waals surface area contributed by atoms with Gasteiger partial charge in [-0.1, -0.05) is 17.2 Å². The molecule has 0 amide bonds. The highest BCUT2D eigenvalue weighted by molar-refractivity contribution is 8.14. The van der Waals surface area contributed by atoms with Crippen molar-refractivity contribution in [1.82, 2.24) is 4.98 Å². The van der Waals surface area contributed by atoms with Crippen LogP contribution in [0.1, 0.15) is 13.8 Å². The summed E-state index contributed by atoms with van der Waals surface area (Å²) in [5.74, 6) is 0.453. The molecule has 0 aliphatic rings. The van der Waals surface area contributed by atoms with Crippen LogP contribution in [0.25, 0.3) is 10.9 Å². The zero-order valence-corrected chi connectivity index (χ0v) is 13.8. The van der Waals surface area contributed by atoms with E-state index in [0.29, 0.717) is 23.3 Å². The molecule has 1 aromatic heterocycles. The van der Waals surface area contributed by atoms with Crippen LogP contribution >= 0.6 is 22.3 Å². The number of pyridine rings is 1. The predicted molar refractivity (Wildman–Crippen MR) is 84.7 cm³/mol. The number of nitrogens with zero attached hydrogens (tertiary/aromatic N) is 1. The third kappa shape index (κ3) is 3.87. The number of halogens is 2. The second kappa shape index (κ2) is 6.22. The molecule has 0 N–H and O–H groups in total. The van der Waals surface area contributed by atoms with Crippen molar-refractivity contribution in [2.75, 3.05) is 6.61 Å². The maximum atomic E-state index is 11.6. The topological polar surface area (TPSA) is 56.3 Å². The molecule has 112 valence electrons. The average molecular weight is 346 g/mol. The summed E-state index contributed by atoms with van der Waals surface area (Å²) in [7, 11) is 1.57. The van der Waals surface area contributed by atoms with Crippen molar-refractivity contribution in [3.05, 3.63) is 41.1 Å². The normalized spacial score (nSPS) is 11.4. The highest BCUT2D eigenvalue weighted by Crippen LogP contribution is 2.32. The van der Waals surface area contributed by atoms with E-state index in [2.05, 4.69) is 4.98 Å². The van der Waals surface area contributed by atoms with Crippen molar-refractivity contribution < 1.29 is 13.2 Å². The lowest BCUT2D eigenvalue weighted by atomic mass is 10.2. The summed E-state index contributed by atoms with van der Waals surface area (Å²) in [5, 5.41) is 0.628. The molecule has 0 unspecified atom stereocenters. The minimum absolute atomic E-state index is 0.0158. The molecule has 1 aromatic carbocycles. The SMILES string of the molecule is CC(C)=CCOc1ccc(S(=O)(=O)Cl)c2ccc(Cl)nc12. The molecule has 2 rings (SSSR count). The molecule has 0 atom stereocenters. The standard InChI is InChI=1S/C14H13Cl2NO3S/c1-9(2)7-8-20-11-4-5-12(21(16,18)19)10-3-6-13(15)17-14(10)11/h3-7H,8H2,1-2H3. The van der Waals surface area contributed by atoms with Crippen molar-refractivity contribution in [2.24, 2.45) is 0 Å². The molecule has 0 aliphatic carbocycles. The lowest BCUT2D eigenvalue weighted by molar-refractivity contribution is 0.365. The molecule has 2 aromatic rings. The van der Waals surface area contributed by atoms with Crippen molar-refractivity contribution in [1.29, 1.82) is 0 Å². The van der Waals surface area contributed by atoms with Gasteiger partial charge in [0.1, 0.15) is 23.0 Å². The minimum atomic E-state index is -3.87. The predicted octanol–water partition coefficient (Wildman–Crippen LogP) is 4.16. The molecule has 0 spiro atoms. The van der Waals surface area contributed by atoms with E-state index in [9.17, 15) is 8.42 Å². The van der Waals surface area contributed by atoms with Gasteiger partial charge < -0.3 is 4.74 Å². The van der Waals surface area contributed by atoms with Gasteiger partial charge in [0.2, 0.25) is 0 Å². The van der Waals surface area contributed by atoms with E-state index in [4.69, 9.17) is 27.0 Å². The van der Waals surface area contributed by atoms with Gasteiger partial charge in [0.15, 0.2) is 0 Å². The number of allylic oxidation sites excluding steroid dienone is 1. The number of fused-ring (bicyclic) bond motifs is 1. The first-order chi connectivity index (χ1) is 9.79. The van der Waals surface area contributed by atoms with E-state index >= 15 is 0 Å². The molecule has 0 saturated heterocycles. The maximum Gasteiger partial charge on any atom is 0.261 e. The lowest BCUT2D eigenvalue weighted by Crippen LogP contribution is -1.99. The molecular formula is C14H13Cl2NO3S. The van der Waals surface area contributed by atoms with Crippen LogP contribution in [0.5, 0.6) is 5.75 Å². The van der Waals surface area contributed by atoms with Crippen molar-refractivity contribution in [2.45, 2.75) is 18.7 Å². The lowest BCUT2D eigenvalue weighted by Gasteiger charge is -2.10. The Bertz CT molecular complexity index is 812. The van der Waals surface area contributed by atoms with Crippen molar-refractivity contribution in [3.8, 4) is 5.75 Å². The van der Waals surface area contributed by atoms with Crippen LogP contribution in [0.2, 0.25) is 5.15 Å². The van der Waals surface area contributed by atoms with Crippen molar-refractivity contribution >= 4 is 42.2 Å². The first-order valence-corrected chi connectivity index (χ1v) is 8.78. The summed E-state index contributed by atoms with van der Waals surface area (Å²) < 4.78 is 28.8. The summed E-state index contributed by atoms with van der Waals surface area (Å²) >= 11 is 5.88. The summed E-state index contributed by atoms with van der Waals surface area (Å²) in [6.07, 6.45) is 1.91. The summed E-state index contributed by atoms with van der Waals surface area (Å²) in [6, 6.07) is 6.00. The van der Waals surface area contributed by atoms with E-state index in [-0.39, 0.29) is 10.0 Å². The fourth-order valence-corrected chi connectivity index (χ4v) is 2.98. The van der Waals surface area contributed by atoms with Crippen LogP contribution in [0.4, 0.5) is 0 Å². The molecule has 0 saturated carbocycles. The zero-order valence-electron chi connectivity index (χ0n) is 11.4. The molecule has 0 fully saturated rings. The van der Waals surface area contributed by atoms with Gasteiger partial charge in [-0.2, -0.15) is 0 Å². The van der Waals surface area contributed by atoms with Gasteiger partial charge in [0.25, 0.3) is 9.05 Å². The summed E-state index contributed by atoms with van der Waals surface area (Å²) in [6.45, 7) is 4.28. The Hall–Kier alpha value is -1.30. The fourth-order valence-electron chi connectivity index (χ4n) is 1.77. The van der Waals surface area contributed by atoms with Gasteiger partial charge in [0.05, 0.1) is 4.90 Å². The van der Waals surface area contributed by atoms with Crippen LogP contribution < -0.4 is 4.74 Å². The molecular weight excluding hydrogens is 333 g/mol. The third-order valence-electron chi connectivity index (χ3n) is 2.74. The monoisotopic (exact) mass is 345 g/mol. The van der Waals surface area contributed by atoms with Gasteiger partial charge in [-0.15, -0.1) is 0 Å². The first kappa shape index (κ1) is 16.1. The van der Waals surface area contributed by atoms with Crippen LogP contribution in [-0.4, -0.2) is 20.0 Å². The number of ether oxygens (including phenoxy) is 1. The molecule has 0 bridgehead atoms. The highest BCUT2D eigenvalue weighted by atomic mass is 35.7. The third-order valence-corrected chi connectivity index (χ3v) is 4.33. The Balaban J connectivity index is 2.58. The molecule has 7 heteroatoms. The van der Waals surface area contributed by atoms with Crippen LogP contribution in [0.15, 0.2) is 40.8 Å². The van der Waals surface area contributed by atoms with Crippen molar-refractivity contribution in [3.63, 3.8) is 0 Å². The zero-order chi connectivity index (χ0) is 15.6. The molecule has 0 aliphatic heterocycles. The molecule has 21 heavy (non-hydrogen) atoms. The van der Waals surface area contributed by atoms with E-state index in [0.717, 1.165) is 5.57 Å². The quantitative estimate of drug-likeness (QED) is 0.474. The smallest absolute Gasteiger partial charge is 0.261 e. The van der Waals surface area contributed by atoms with E-state index in [1.54, 1.807) is 6.07 Å². The summed E-state index contributed by atoms with van der Waals surface area (Å²) in [5.41, 5.74) is 1.48. The van der Waals surface area contributed by atoms with E-state index in [1.807, 2.05) is 19.9 Å². The minimum Gasteiger partial charge on any atom is -0.487 e. The van der Waals surface area contributed by atoms with Gasteiger partial charge in [0, 0.05) is 16.1 Å². The van der Waals surface area contributed by atoms with Gasteiger partial charge in [-0.25, -0.2) is 13.4 Å². The second-order valence-corrected chi connectivity index (χ2v) is 7.54. The number of rotatable bonds is 4.